The molecule has 0 radical (unpaired) electrons. The number of nitrogens with one attached hydrogen (secondary N) is 1. The number of likely N-dealkylation sites (tertiary alicyclic amines) is 1. The van der Waals surface area contributed by atoms with Crippen LogP contribution < -0.4 is 5.32 Å². The first kappa shape index (κ1) is 20.9. The maximum absolute atomic E-state index is 12.6. The van der Waals surface area contributed by atoms with Crippen LogP contribution in [0.4, 0.5) is 4.79 Å². The molecule has 8 nitrogen and oxygen atoms in total. The zero-order valence-corrected chi connectivity index (χ0v) is 16.5. The van der Waals surface area contributed by atoms with Crippen molar-refractivity contribution in [2.75, 3.05) is 60.0 Å². The summed E-state index contributed by atoms with van der Waals surface area (Å²) < 4.78 is 5.69. The van der Waals surface area contributed by atoms with Crippen LogP contribution in [0.15, 0.2) is 0 Å². The lowest BCUT2D eigenvalue weighted by molar-refractivity contribution is -0.138. The molecule has 0 aromatic carbocycles. The van der Waals surface area contributed by atoms with Crippen molar-refractivity contribution in [3.05, 3.63) is 0 Å². The summed E-state index contributed by atoms with van der Waals surface area (Å²) >= 11 is 0. The lowest BCUT2D eigenvalue weighted by atomic mass is 9.76. The van der Waals surface area contributed by atoms with Gasteiger partial charge in [0.25, 0.3) is 0 Å². The number of piperidine rings is 1. The number of likely N-dealkylation sites (N-methyl/N-ethyl adjacent to an activating group) is 2. The molecule has 2 N–H and O–H groups in total. The van der Waals surface area contributed by atoms with Gasteiger partial charge in [-0.15, -0.1) is 0 Å². The van der Waals surface area contributed by atoms with Crippen LogP contribution in [0.1, 0.15) is 26.7 Å². The van der Waals surface area contributed by atoms with E-state index in [1.807, 2.05) is 0 Å². The molecule has 8 heteroatoms. The molecule has 0 aromatic heterocycles. The fourth-order valence-electron chi connectivity index (χ4n) is 4.09. The molecule has 2 unspecified atom stereocenters. The van der Waals surface area contributed by atoms with Gasteiger partial charge in [0.1, 0.15) is 0 Å². The van der Waals surface area contributed by atoms with Crippen molar-refractivity contribution < 1.29 is 19.4 Å². The van der Waals surface area contributed by atoms with Crippen molar-refractivity contribution in [2.45, 2.75) is 38.8 Å². The van der Waals surface area contributed by atoms with Gasteiger partial charge in [0.05, 0.1) is 19.3 Å². The fourth-order valence-corrected chi connectivity index (χ4v) is 4.09. The molecule has 2 aliphatic rings. The van der Waals surface area contributed by atoms with Gasteiger partial charge >= 0.3 is 12.0 Å². The van der Waals surface area contributed by atoms with Crippen LogP contribution in [0, 0.1) is 5.41 Å². The number of ether oxygens (including phenoxy) is 1. The first-order valence-electron chi connectivity index (χ1n) is 9.44. The minimum absolute atomic E-state index is 0.0326. The number of carboxylic acids is 1. The molecule has 0 saturated carbocycles. The second-order valence-corrected chi connectivity index (χ2v) is 8.30. The number of hydrogen-bond acceptors (Lipinski definition) is 5. The van der Waals surface area contributed by atoms with E-state index in [1.54, 1.807) is 16.8 Å². The average molecular weight is 370 g/mol. The van der Waals surface area contributed by atoms with Crippen molar-refractivity contribution >= 4 is 12.0 Å². The molecule has 2 fully saturated rings. The highest BCUT2D eigenvalue weighted by Crippen LogP contribution is 2.33. The van der Waals surface area contributed by atoms with Gasteiger partial charge < -0.3 is 25.0 Å². The fraction of sp³-hybridized carbons (Fsp3) is 0.889. The molecule has 2 amide bonds. The summed E-state index contributed by atoms with van der Waals surface area (Å²) in [6.07, 6.45) is 2.21. The highest BCUT2D eigenvalue weighted by atomic mass is 16.5. The van der Waals surface area contributed by atoms with E-state index in [-0.39, 0.29) is 24.1 Å². The predicted octanol–water partition coefficient (Wildman–Crippen LogP) is 0.534. The summed E-state index contributed by atoms with van der Waals surface area (Å²) in [4.78, 5) is 29.2. The molecule has 0 bridgehead atoms. The standard InChI is InChI=1S/C18H34N4O4/c1-18(2)6-5-7-21(4)15(18)10-19-17(25)22-8-9-26-14(12-22)11-20(3)13-16(23)24/h14-15H,5-13H2,1-4H3,(H,19,25)(H,23,24). The number of carbonyl (C=O) groups is 2. The van der Waals surface area contributed by atoms with Crippen LogP contribution >= 0.6 is 0 Å². The molecule has 2 saturated heterocycles. The maximum atomic E-state index is 12.6. The number of morpholine rings is 1. The summed E-state index contributed by atoms with van der Waals surface area (Å²) in [6, 6.07) is 0.271. The Balaban J connectivity index is 1.82. The summed E-state index contributed by atoms with van der Waals surface area (Å²) in [6.45, 7) is 8.24. The van der Waals surface area contributed by atoms with E-state index in [2.05, 4.69) is 31.1 Å². The van der Waals surface area contributed by atoms with Gasteiger partial charge in [0.15, 0.2) is 0 Å². The average Bonchev–Trinajstić information content (AvgIpc) is 2.53. The van der Waals surface area contributed by atoms with E-state index >= 15 is 0 Å². The second kappa shape index (κ2) is 9.01. The summed E-state index contributed by atoms with van der Waals surface area (Å²) in [5.74, 6) is -0.864. The minimum atomic E-state index is -0.864. The number of aliphatic carboxylic acids is 1. The first-order chi connectivity index (χ1) is 12.2. The number of carbonyl (C=O) groups excluding carboxylic acids is 1. The Morgan fingerprint density at radius 1 is 1.35 bits per heavy atom. The normalized spacial score (nSPS) is 26.7. The number of urea groups is 1. The highest BCUT2D eigenvalue weighted by Gasteiger charge is 2.36. The Morgan fingerprint density at radius 3 is 2.73 bits per heavy atom. The summed E-state index contributed by atoms with van der Waals surface area (Å²) in [5, 5.41) is 11.9. The molecule has 2 atom stereocenters. The molecule has 0 aromatic rings. The Bertz CT molecular complexity index is 500. The zero-order chi connectivity index (χ0) is 19.3. The van der Waals surface area contributed by atoms with E-state index in [4.69, 9.17) is 9.84 Å². The second-order valence-electron chi connectivity index (χ2n) is 8.30. The third kappa shape index (κ3) is 5.82. The van der Waals surface area contributed by atoms with Crippen molar-refractivity contribution in [3.8, 4) is 0 Å². The first-order valence-corrected chi connectivity index (χ1v) is 9.44. The lowest BCUT2D eigenvalue weighted by Gasteiger charge is -2.45. The van der Waals surface area contributed by atoms with Crippen LogP contribution in [0.3, 0.4) is 0 Å². The van der Waals surface area contributed by atoms with Gasteiger partial charge in [-0.25, -0.2) is 4.79 Å². The quantitative estimate of drug-likeness (QED) is 0.710. The SMILES string of the molecule is CN(CC(=O)O)CC1CN(C(=O)NCC2N(C)CCCC2(C)C)CCO1. The molecular weight excluding hydrogens is 336 g/mol. The smallest absolute Gasteiger partial charge is 0.317 e. The van der Waals surface area contributed by atoms with Gasteiger partial charge in [0, 0.05) is 32.2 Å². The van der Waals surface area contributed by atoms with E-state index in [0.717, 1.165) is 6.54 Å². The van der Waals surface area contributed by atoms with Crippen molar-refractivity contribution in [1.82, 2.24) is 20.0 Å². The van der Waals surface area contributed by atoms with Crippen molar-refractivity contribution in [1.29, 1.82) is 0 Å². The Kier molecular flexibility index (Phi) is 7.25. The summed E-state index contributed by atoms with van der Waals surface area (Å²) in [5.41, 5.74) is 0.188. The van der Waals surface area contributed by atoms with Gasteiger partial charge in [0.2, 0.25) is 0 Å². The minimum Gasteiger partial charge on any atom is -0.480 e. The number of nitrogens with zero attached hydrogens (tertiary/aromatic N) is 3. The van der Waals surface area contributed by atoms with E-state index in [0.29, 0.717) is 38.8 Å². The molecule has 26 heavy (non-hydrogen) atoms. The third-order valence-electron chi connectivity index (χ3n) is 5.56. The van der Waals surface area contributed by atoms with Crippen molar-refractivity contribution in [3.63, 3.8) is 0 Å². The lowest BCUT2D eigenvalue weighted by Crippen LogP contribution is -2.57. The van der Waals surface area contributed by atoms with E-state index in [9.17, 15) is 9.59 Å². The monoisotopic (exact) mass is 370 g/mol. The van der Waals surface area contributed by atoms with Crippen LogP contribution in [0.25, 0.3) is 0 Å². The van der Waals surface area contributed by atoms with Gasteiger partial charge in [-0.2, -0.15) is 0 Å². The van der Waals surface area contributed by atoms with E-state index in [1.165, 1.54) is 12.8 Å². The number of carboxylic acid groups (broad SMARTS) is 1. The Labute approximate surface area is 156 Å². The molecule has 0 spiro atoms. The van der Waals surface area contributed by atoms with Gasteiger partial charge in [-0.3, -0.25) is 9.69 Å². The van der Waals surface area contributed by atoms with Gasteiger partial charge in [-0.05, 0) is 38.9 Å². The van der Waals surface area contributed by atoms with Gasteiger partial charge in [-0.1, -0.05) is 13.8 Å². The number of amides is 2. The third-order valence-corrected chi connectivity index (χ3v) is 5.56. The molecule has 150 valence electrons. The molecular formula is C18H34N4O4. The number of rotatable bonds is 6. The van der Waals surface area contributed by atoms with Crippen LogP contribution in [0.5, 0.6) is 0 Å². The molecule has 2 aliphatic heterocycles. The van der Waals surface area contributed by atoms with Crippen molar-refractivity contribution in [2.24, 2.45) is 5.41 Å². The molecule has 0 aliphatic carbocycles. The summed E-state index contributed by atoms with van der Waals surface area (Å²) in [7, 11) is 3.87. The topological polar surface area (TPSA) is 85.4 Å². The molecule has 2 heterocycles. The maximum Gasteiger partial charge on any atom is 0.317 e. The van der Waals surface area contributed by atoms with Crippen LogP contribution in [0.2, 0.25) is 0 Å². The largest absolute Gasteiger partial charge is 0.480 e. The number of hydrogen-bond donors (Lipinski definition) is 2. The highest BCUT2D eigenvalue weighted by molar-refractivity contribution is 5.74. The Hall–Kier alpha value is -1.38. The van der Waals surface area contributed by atoms with Crippen LogP contribution in [-0.2, 0) is 9.53 Å². The molecule has 2 rings (SSSR count). The van der Waals surface area contributed by atoms with Crippen LogP contribution in [-0.4, -0.2) is 104 Å². The van der Waals surface area contributed by atoms with E-state index < -0.39 is 5.97 Å². The Morgan fingerprint density at radius 2 is 2.08 bits per heavy atom. The zero-order valence-electron chi connectivity index (χ0n) is 16.5. The predicted molar refractivity (Wildman–Crippen MR) is 99.3 cm³/mol.